The molecule has 1 N–H and O–H groups in total. The van der Waals surface area contributed by atoms with E-state index in [0.717, 1.165) is 6.42 Å². The van der Waals surface area contributed by atoms with E-state index in [2.05, 4.69) is 0 Å². The van der Waals surface area contributed by atoms with Crippen LogP contribution in [0.4, 0.5) is 0 Å². The molecule has 0 fully saturated rings. The third kappa shape index (κ3) is 5.82. The molecule has 0 atom stereocenters. The number of allylic oxidation sites excluding steroid dienone is 2. The highest BCUT2D eigenvalue weighted by atomic mass is 32.2. The first-order valence-electron chi connectivity index (χ1n) is 4.54. The molecule has 13 heavy (non-hydrogen) atoms. The third-order valence-corrected chi connectivity index (χ3v) is 2.76. The monoisotopic (exact) mass is 206 g/mol. The zero-order valence-corrected chi connectivity index (χ0v) is 9.26. The van der Waals surface area contributed by atoms with Gasteiger partial charge in [0.1, 0.15) is 0 Å². The lowest BCUT2D eigenvalue weighted by atomic mass is 10.1. The lowest BCUT2D eigenvalue weighted by molar-refractivity contribution is 0.485. The molecule has 3 nitrogen and oxygen atoms in total. The molecule has 0 aromatic rings. The van der Waals surface area contributed by atoms with Crippen LogP contribution in [0.3, 0.4) is 0 Å². The maximum atomic E-state index is 10.8. The van der Waals surface area contributed by atoms with Crippen LogP contribution in [0, 0.1) is 5.92 Å². The van der Waals surface area contributed by atoms with Crippen molar-refractivity contribution in [1.29, 1.82) is 0 Å². The Hall–Kier alpha value is -0.350. The summed E-state index contributed by atoms with van der Waals surface area (Å²) in [5, 5.41) is 0. The third-order valence-electron chi connectivity index (χ3n) is 1.73. The first-order valence-corrected chi connectivity index (χ1v) is 5.98. The van der Waals surface area contributed by atoms with Gasteiger partial charge in [-0.3, -0.25) is 4.55 Å². The Bertz CT molecular complexity index is 263. The molecule has 0 aliphatic carbocycles. The molecule has 0 aromatic carbocycles. The Morgan fingerprint density at radius 2 is 2.00 bits per heavy atom. The summed E-state index contributed by atoms with van der Waals surface area (Å²) in [5.74, 6) is 0.446. The largest absolute Gasteiger partial charge is 0.290 e. The maximum Gasteiger partial charge on any atom is 0.290 e. The summed E-state index contributed by atoms with van der Waals surface area (Å²) in [6.45, 7) is 5.89. The van der Waals surface area contributed by atoms with Gasteiger partial charge in [0.05, 0.1) is 4.91 Å². The molecule has 0 spiro atoms. The minimum atomic E-state index is -3.96. The molecule has 0 rings (SSSR count). The Morgan fingerprint density at radius 1 is 1.46 bits per heavy atom. The van der Waals surface area contributed by atoms with Crippen LogP contribution in [0.2, 0.25) is 0 Å². The zero-order chi connectivity index (χ0) is 10.5. The van der Waals surface area contributed by atoms with Crippen LogP contribution in [-0.2, 0) is 10.1 Å². The van der Waals surface area contributed by atoms with Gasteiger partial charge in [0.2, 0.25) is 0 Å². The van der Waals surface area contributed by atoms with E-state index in [0.29, 0.717) is 18.8 Å². The van der Waals surface area contributed by atoms with Crippen LogP contribution >= 0.6 is 0 Å². The highest BCUT2D eigenvalue weighted by molar-refractivity contribution is 7.89. The summed E-state index contributed by atoms with van der Waals surface area (Å²) in [7, 11) is -3.96. The molecule has 0 unspecified atom stereocenters. The van der Waals surface area contributed by atoms with Gasteiger partial charge < -0.3 is 0 Å². The zero-order valence-electron chi connectivity index (χ0n) is 8.45. The van der Waals surface area contributed by atoms with E-state index in [9.17, 15) is 8.42 Å². The second-order valence-electron chi connectivity index (χ2n) is 3.49. The predicted molar refractivity (Wildman–Crippen MR) is 54.0 cm³/mol. The highest BCUT2D eigenvalue weighted by Gasteiger charge is 2.12. The normalized spacial score (nSPS) is 13.8. The van der Waals surface area contributed by atoms with Gasteiger partial charge in [-0.25, -0.2) is 0 Å². The van der Waals surface area contributed by atoms with Crippen molar-refractivity contribution in [2.45, 2.75) is 40.0 Å². The first kappa shape index (κ1) is 12.7. The van der Waals surface area contributed by atoms with Crippen molar-refractivity contribution in [2.75, 3.05) is 0 Å². The maximum absolute atomic E-state index is 10.8. The van der Waals surface area contributed by atoms with E-state index < -0.39 is 10.1 Å². The summed E-state index contributed by atoms with van der Waals surface area (Å²) >= 11 is 0. The van der Waals surface area contributed by atoms with Gasteiger partial charge >= 0.3 is 0 Å². The molecular weight excluding hydrogens is 188 g/mol. The van der Waals surface area contributed by atoms with E-state index in [4.69, 9.17) is 4.55 Å². The van der Waals surface area contributed by atoms with Crippen molar-refractivity contribution < 1.29 is 13.0 Å². The van der Waals surface area contributed by atoms with Gasteiger partial charge in [-0.2, -0.15) is 8.42 Å². The van der Waals surface area contributed by atoms with Crippen LogP contribution < -0.4 is 0 Å². The highest BCUT2D eigenvalue weighted by Crippen LogP contribution is 2.16. The van der Waals surface area contributed by atoms with Gasteiger partial charge in [-0.1, -0.05) is 26.8 Å². The molecule has 0 saturated heterocycles. The topological polar surface area (TPSA) is 54.4 Å². The second kappa shape index (κ2) is 5.40. The van der Waals surface area contributed by atoms with Crippen LogP contribution in [0.5, 0.6) is 0 Å². The molecule has 0 aliphatic rings. The number of hydrogen-bond donors (Lipinski definition) is 1. The van der Waals surface area contributed by atoms with E-state index in [1.807, 2.05) is 20.8 Å². The molecule has 0 radical (unpaired) electrons. The Labute approximate surface area is 80.6 Å². The van der Waals surface area contributed by atoms with Gasteiger partial charge in [-0.05, 0) is 25.2 Å². The molecule has 0 bridgehead atoms. The fourth-order valence-corrected chi connectivity index (χ4v) is 1.75. The van der Waals surface area contributed by atoms with E-state index >= 15 is 0 Å². The number of rotatable bonds is 5. The van der Waals surface area contributed by atoms with Gasteiger partial charge in [0.15, 0.2) is 0 Å². The molecule has 0 saturated carbocycles. The predicted octanol–water partition coefficient (Wildman–Crippen LogP) is 2.60. The summed E-state index contributed by atoms with van der Waals surface area (Å²) in [4.78, 5) is 0.156. The van der Waals surface area contributed by atoms with Gasteiger partial charge in [-0.15, -0.1) is 0 Å². The Kier molecular flexibility index (Phi) is 5.25. The van der Waals surface area contributed by atoms with Crippen LogP contribution in [0.25, 0.3) is 0 Å². The summed E-state index contributed by atoms with van der Waals surface area (Å²) in [6.07, 6.45) is 3.42. The second-order valence-corrected chi connectivity index (χ2v) is 4.96. The average molecular weight is 206 g/mol. The quantitative estimate of drug-likeness (QED) is 0.703. The Morgan fingerprint density at radius 3 is 2.31 bits per heavy atom. The van der Waals surface area contributed by atoms with E-state index in [1.54, 1.807) is 6.08 Å². The van der Waals surface area contributed by atoms with E-state index in [-0.39, 0.29) is 4.91 Å². The summed E-state index contributed by atoms with van der Waals surface area (Å²) < 4.78 is 30.5. The van der Waals surface area contributed by atoms with Crippen molar-refractivity contribution in [2.24, 2.45) is 5.92 Å². The average Bonchev–Trinajstić information content (AvgIpc) is 1.95. The molecule has 0 amide bonds. The lowest BCUT2D eigenvalue weighted by Gasteiger charge is -2.06. The molecular formula is C9H18O3S. The van der Waals surface area contributed by atoms with Gasteiger partial charge in [0, 0.05) is 0 Å². The molecule has 0 heterocycles. The smallest absolute Gasteiger partial charge is 0.282 e. The van der Waals surface area contributed by atoms with Crippen molar-refractivity contribution >= 4 is 10.1 Å². The standard InChI is InChI=1S/C9H18O3S/c1-4-5-9(13(10,11)12)7-6-8(2)3/h5,8H,4,6-7H2,1-3H3,(H,10,11,12)/b9-5-. The van der Waals surface area contributed by atoms with Crippen molar-refractivity contribution in [1.82, 2.24) is 0 Å². The number of hydrogen-bond acceptors (Lipinski definition) is 2. The Balaban J connectivity index is 4.39. The van der Waals surface area contributed by atoms with Crippen molar-refractivity contribution in [3.63, 3.8) is 0 Å². The molecule has 0 aromatic heterocycles. The van der Waals surface area contributed by atoms with Crippen molar-refractivity contribution in [3.8, 4) is 0 Å². The lowest BCUT2D eigenvalue weighted by Crippen LogP contribution is -2.03. The fraction of sp³-hybridized carbons (Fsp3) is 0.778. The molecule has 78 valence electrons. The SMILES string of the molecule is CC/C=C(/CCC(C)C)S(=O)(=O)O. The van der Waals surface area contributed by atoms with Crippen LogP contribution in [0.15, 0.2) is 11.0 Å². The fourth-order valence-electron chi connectivity index (χ4n) is 0.995. The van der Waals surface area contributed by atoms with Crippen molar-refractivity contribution in [3.05, 3.63) is 11.0 Å². The van der Waals surface area contributed by atoms with Crippen LogP contribution in [-0.4, -0.2) is 13.0 Å². The summed E-state index contributed by atoms with van der Waals surface area (Å²) in [5.41, 5.74) is 0. The molecule has 4 heteroatoms. The van der Waals surface area contributed by atoms with E-state index in [1.165, 1.54) is 0 Å². The van der Waals surface area contributed by atoms with Gasteiger partial charge in [0.25, 0.3) is 10.1 Å². The first-order chi connectivity index (χ1) is 5.88. The minimum Gasteiger partial charge on any atom is -0.282 e. The van der Waals surface area contributed by atoms with Crippen LogP contribution in [0.1, 0.15) is 40.0 Å². The summed E-state index contributed by atoms with van der Waals surface area (Å²) in [6, 6.07) is 0. The molecule has 0 aliphatic heterocycles. The minimum absolute atomic E-state index is 0.156.